The number of methoxy groups -OCH3 is 3. The van der Waals surface area contributed by atoms with Crippen molar-refractivity contribution >= 4 is 29.2 Å². The number of esters is 1. The number of ketones is 3. The Hall–Kier alpha value is -4.22. The number of amides is 1. The largest absolute Gasteiger partial charge is 0.460 e. The van der Waals surface area contributed by atoms with Crippen LogP contribution in [-0.4, -0.2) is 130 Å². The zero-order chi connectivity index (χ0) is 49.7. The number of allylic oxidation sites excluding steroid dienone is 6. The first-order valence-corrected chi connectivity index (χ1v) is 24.9. The summed E-state index contributed by atoms with van der Waals surface area (Å²) < 4.78 is 31.8. The highest BCUT2D eigenvalue weighted by Gasteiger charge is 2.53. The van der Waals surface area contributed by atoms with Gasteiger partial charge in [-0.25, -0.2) is 9.48 Å². The Bertz CT molecular complexity index is 1980. The van der Waals surface area contributed by atoms with Gasteiger partial charge >= 0.3 is 5.97 Å². The second-order valence-corrected chi connectivity index (χ2v) is 20.3. The zero-order valence-corrected chi connectivity index (χ0v) is 42.2. The van der Waals surface area contributed by atoms with Crippen molar-refractivity contribution in [3.05, 3.63) is 53.9 Å². The van der Waals surface area contributed by atoms with Crippen LogP contribution in [0.4, 0.5) is 0 Å². The molecule has 2 saturated heterocycles. The minimum absolute atomic E-state index is 0.00145. The van der Waals surface area contributed by atoms with E-state index in [0.29, 0.717) is 57.8 Å². The number of carbonyl (C=O) groups is 5. The summed E-state index contributed by atoms with van der Waals surface area (Å²) in [5, 5.41) is 23.7. The van der Waals surface area contributed by atoms with E-state index in [1.165, 1.54) is 12.0 Å². The van der Waals surface area contributed by atoms with E-state index in [1.54, 1.807) is 39.1 Å². The molecule has 1 saturated carbocycles. The molecule has 4 aliphatic rings. The summed E-state index contributed by atoms with van der Waals surface area (Å²) in [4.78, 5) is 72.2. The Morgan fingerprint density at radius 1 is 0.868 bits per heavy atom. The van der Waals surface area contributed by atoms with Gasteiger partial charge in [0.2, 0.25) is 5.79 Å². The highest BCUT2D eigenvalue weighted by atomic mass is 16.6. The summed E-state index contributed by atoms with van der Waals surface area (Å²) in [5.41, 5.74) is 1.73. The molecular formula is C52H79N5O11. The highest BCUT2D eigenvalue weighted by molar-refractivity contribution is 6.39. The fraction of sp³-hybridized carbons (Fsp3) is 0.731. The van der Waals surface area contributed by atoms with Gasteiger partial charge in [-0.3, -0.25) is 19.2 Å². The number of aliphatic hydroxyl groups is 1. The molecule has 2 unspecified atom stereocenters. The van der Waals surface area contributed by atoms with Crippen molar-refractivity contribution in [3.63, 3.8) is 0 Å². The second kappa shape index (κ2) is 25.6. The van der Waals surface area contributed by atoms with Crippen LogP contribution in [0.2, 0.25) is 0 Å². The zero-order valence-electron chi connectivity index (χ0n) is 42.2. The molecule has 1 aromatic rings. The van der Waals surface area contributed by atoms with Crippen molar-refractivity contribution in [1.82, 2.24) is 25.1 Å². The number of nitrogens with zero attached hydrogens (tertiary/aromatic N) is 5. The molecule has 378 valence electrons. The molecule has 2 bridgehead atoms. The summed E-state index contributed by atoms with van der Waals surface area (Å²) in [6, 6.07) is -1.13. The van der Waals surface area contributed by atoms with E-state index in [1.807, 2.05) is 58.1 Å². The molecule has 0 spiro atoms. The van der Waals surface area contributed by atoms with Gasteiger partial charge in [0.15, 0.2) is 5.78 Å². The van der Waals surface area contributed by atoms with E-state index in [-0.39, 0.29) is 66.8 Å². The summed E-state index contributed by atoms with van der Waals surface area (Å²) in [5.74, 6) is -6.89. The number of hydrogen-bond acceptors (Lipinski definition) is 14. The molecule has 14 atom stereocenters. The lowest BCUT2D eigenvalue weighted by Gasteiger charge is -2.42. The van der Waals surface area contributed by atoms with Crippen LogP contribution in [0.3, 0.4) is 0 Å². The van der Waals surface area contributed by atoms with Crippen LogP contribution in [0.25, 0.3) is 0 Å². The molecule has 5 rings (SSSR count). The fourth-order valence-electron chi connectivity index (χ4n) is 10.7. The Kier molecular flexibility index (Phi) is 20.6. The van der Waals surface area contributed by atoms with Crippen molar-refractivity contribution in [1.29, 1.82) is 0 Å². The average Bonchev–Trinajstić information content (AvgIpc) is 3.87. The average molecular weight is 950 g/mol. The maximum atomic E-state index is 14.5. The summed E-state index contributed by atoms with van der Waals surface area (Å²) in [6.45, 7) is 13.4. The smallest absolute Gasteiger partial charge is 0.329 e. The third kappa shape index (κ3) is 14.2. The quantitative estimate of drug-likeness (QED) is 0.165. The van der Waals surface area contributed by atoms with Crippen LogP contribution in [0.5, 0.6) is 0 Å². The van der Waals surface area contributed by atoms with Gasteiger partial charge in [0.05, 0.1) is 24.4 Å². The molecule has 0 radical (unpaired) electrons. The molecule has 1 N–H and O–H groups in total. The number of fused-ring (bicyclic) bond motifs is 3. The maximum Gasteiger partial charge on any atom is 0.329 e. The monoisotopic (exact) mass is 950 g/mol. The number of hydrogen-bond donors (Lipinski definition) is 1. The third-order valence-corrected chi connectivity index (χ3v) is 15.0. The second-order valence-electron chi connectivity index (χ2n) is 20.3. The van der Waals surface area contributed by atoms with Gasteiger partial charge < -0.3 is 33.7 Å². The van der Waals surface area contributed by atoms with E-state index in [2.05, 4.69) is 28.5 Å². The number of ether oxygens (including phenoxy) is 5. The Morgan fingerprint density at radius 3 is 2.31 bits per heavy atom. The van der Waals surface area contributed by atoms with Crippen LogP contribution in [0, 0.1) is 35.5 Å². The van der Waals surface area contributed by atoms with Gasteiger partial charge in [-0.1, -0.05) is 76.6 Å². The Morgan fingerprint density at radius 2 is 1.62 bits per heavy atom. The van der Waals surface area contributed by atoms with Crippen molar-refractivity contribution in [2.24, 2.45) is 35.5 Å². The topological polar surface area (TPSA) is 199 Å². The van der Waals surface area contributed by atoms with Crippen LogP contribution in [0.1, 0.15) is 138 Å². The molecule has 0 aromatic carbocycles. The maximum absolute atomic E-state index is 14.5. The number of rotatable bonds is 7. The molecule has 3 aliphatic heterocycles. The number of piperidine rings is 1. The number of cyclic esters (lactones) is 1. The van der Waals surface area contributed by atoms with Crippen LogP contribution in [0.15, 0.2) is 53.9 Å². The first kappa shape index (κ1) is 54.7. The SMILES string of the molecule is CO[C@H]1C[C@@H]2CCC(C)C(O)(O2)C(=O)C(=O)N2CCCC[C@H]2C(=O)O[C@H]([C@H](C)C[C@@H]2CC[C@H](n3cnnn3)[C@H](OC)C2)CC(=O)[C@H](C)/C=C(\C)C[C@@H](OC)C(=O)[C@@H](C)C[C@H](C)/C=C/C=C/C=C/1C. The molecule has 1 aromatic heterocycles. The fourth-order valence-corrected chi connectivity index (χ4v) is 10.7. The summed E-state index contributed by atoms with van der Waals surface area (Å²) in [6.07, 6.45) is 17.1. The molecule has 1 aliphatic carbocycles. The predicted octanol–water partition coefficient (Wildman–Crippen LogP) is 7.08. The summed E-state index contributed by atoms with van der Waals surface area (Å²) >= 11 is 0. The van der Waals surface area contributed by atoms with Gasteiger partial charge in [0.1, 0.15) is 30.4 Å². The normalized spacial score (nSPS) is 38.0. The highest BCUT2D eigenvalue weighted by Crippen LogP contribution is 2.39. The van der Waals surface area contributed by atoms with Crippen molar-refractivity contribution < 1.29 is 52.8 Å². The van der Waals surface area contributed by atoms with E-state index < -0.39 is 65.7 Å². The lowest BCUT2D eigenvalue weighted by atomic mass is 9.77. The molecule has 4 heterocycles. The van der Waals surface area contributed by atoms with Crippen LogP contribution in [-0.2, 0) is 47.7 Å². The van der Waals surface area contributed by atoms with Gasteiger partial charge in [0, 0.05) is 64.9 Å². The van der Waals surface area contributed by atoms with Gasteiger partial charge in [-0.05, 0) is 112 Å². The molecule has 3 fully saturated rings. The number of tetrazole rings is 1. The van der Waals surface area contributed by atoms with Gasteiger partial charge in [-0.2, -0.15) is 0 Å². The van der Waals surface area contributed by atoms with E-state index in [9.17, 15) is 29.1 Å². The Labute approximate surface area is 403 Å². The standard InChI is InChI=1S/C52H79N5O11/c1-32-16-12-11-13-17-34(3)44(64-8)29-40-21-19-38(7)52(63,68-40)49(60)50(61)56-23-15-14-18-42(56)51(62)67-45(30-43(58)35(4)25-33(2)26-47(66-10)48(59)37(6)24-32)36(5)27-39-20-22-41(46(28-39)65-9)57-31-53-54-55-57/h11-13,16-17,25,31-32,35-42,44-47,63H,14-15,18-24,26-30H2,1-10H3/b13-11+,16-12+,33-25+,34-17+/t32-,35-,36-,37+,38?,39+,40+,41+,42+,44+,45+,46-,47-,52?/m1/s1. The lowest BCUT2D eigenvalue weighted by molar-refractivity contribution is -0.265. The minimum Gasteiger partial charge on any atom is -0.460 e. The van der Waals surface area contributed by atoms with Gasteiger partial charge in [-0.15, -0.1) is 5.10 Å². The lowest BCUT2D eigenvalue weighted by Crippen LogP contribution is -2.61. The van der Waals surface area contributed by atoms with E-state index >= 15 is 0 Å². The predicted molar refractivity (Wildman–Crippen MR) is 255 cm³/mol. The third-order valence-electron chi connectivity index (χ3n) is 15.0. The number of carbonyl (C=O) groups excluding carboxylic acids is 5. The minimum atomic E-state index is -2.41. The van der Waals surface area contributed by atoms with Crippen molar-refractivity contribution in [2.45, 2.75) is 180 Å². The summed E-state index contributed by atoms with van der Waals surface area (Å²) in [7, 11) is 4.80. The molecule has 16 nitrogen and oxygen atoms in total. The van der Waals surface area contributed by atoms with Crippen molar-refractivity contribution in [3.8, 4) is 0 Å². The van der Waals surface area contributed by atoms with Crippen LogP contribution >= 0.6 is 0 Å². The molecule has 16 heteroatoms. The van der Waals surface area contributed by atoms with E-state index in [0.717, 1.165) is 24.0 Å². The molecule has 1 amide bonds. The van der Waals surface area contributed by atoms with Crippen LogP contribution < -0.4 is 0 Å². The first-order chi connectivity index (χ1) is 32.4. The number of Topliss-reactive ketones (excluding diaryl/α,β-unsaturated/α-hetero) is 3. The van der Waals surface area contributed by atoms with Gasteiger partial charge in [0.25, 0.3) is 11.7 Å². The molecular weight excluding hydrogens is 871 g/mol. The Balaban J connectivity index is 1.44. The van der Waals surface area contributed by atoms with E-state index in [4.69, 9.17) is 23.7 Å². The van der Waals surface area contributed by atoms with Crippen molar-refractivity contribution in [2.75, 3.05) is 27.9 Å². The molecule has 68 heavy (non-hydrogen) atoms. The first-order valence-electron chi connectivity index (χ1n) is 24.9. The number of aromatic nitrogens is 4.